The third-order valence-electron chi connectivity index (χ3n) is 3.21. The standard InChI is InChI=1S/C15H16N6O/c1-11-5-7-21(20-11)8-6-16-15(22)13-4-2-3-12(9-13)14-17-10-18-19-14/h2-5,7,9-10H,6,8H2,1H3,(H,16,22)(H,17,18,19). The molecule has 3 rings (SSSR count). The van der Waals surface area contributed by atoms with Gasteiger partial charge in [0, 0.05) is 23.9 Å². The Kier molecular flexibility index (Phi) is 3.95. The van der Waals surface area contributed by atoms with Gasteiger partial charge in [-0.1, -0.05) is 12.1 Å². The van der Waals surface area contributed by atoms with Crippen molar-refractivity contribution in [3.8, 4) is 11.4 Å². The van der Waals surface area contributed by atoms with Crippen molar-refractivity contribution < 1.29 is 4.79 Å². The number of nitrogens with one attached hydrogen (secondary N) is 2. The van der Waals surface area contributed by atoms with Crippen LogP contribution in [0, 0.1) is 6.92 Å². The number of hydrogen-bond donors (Lipinski definition) is 2. The van der Waals surface area contributed by atoms with Crippen LogP contribution in [-0.4, -0.2) is 37.4 Å². The normalized spacial score (nSPS) is 10.6. The molecule has 0 saturated carbocycles. The molecule has 2 N–H and O–H groups in total. The minimum Gasteiger partial charge on any atom is -0.350 e. The van der Waals surface area contributed by atoms with Crippen LogP contribution in [0.15, 0.2) is 42.9 Å². The lowest BCUT2D eigenvalue weighted by Crippen LogP contribution is -2.27. The maximum absolute atomic E-state index is 12.2. The molecule has 0 saturated heterocycles. The zero-order valence-electron chi connectivity index (χ0n) is 12.2. The van der Waals surface area contributed by atoms with Crippen molar-refractivity contribution in [1.29, 1.82) is 0 Å². The number of rotatable bonds is 5. The van der Waals surface area contributed by atoms with Crippen LogP contribution >= 0.6 is 0 Å². The maximum Gasteiger partial charge on any atom is 0.251 e. The molecule has 3 aromatic rings. The molecule has 0 aliphatic carbocycles. The van der Waals surface area contributed by atoms with Crippen molar-refractivity contribution in [2.45, 2.75) is 13.5 Å². The van der Waals surface area contributed by atoms with Crippen LogP contribution in [0.25, 0.3) is 11.4 Å². The van der Waals surface area contributed by atoms with Crippen LogP contribution in [0.2, 0.25) is 0 Å². The summed E-state index contributed by atoms with van der Waals surface area (Å²) in [7, 11) is 0. The first kappa shape index (κ1) is 14.0. The van der Waals surface area contributed by atoms with E-state index >= 15 is 0 Å². The minimum atomic E-state index is -0.120. The Morgan fingerprint density at radius 1 is 1.36 bits per heavy atom. The second kappa shape index (κ2) is 6.21. The van der Waals surface area contributed by atoms with Crippen molar-refractivity contribution in [1.82, 2.24) is 30.3 Å². The molecule has 0 aliphatic heterocycles. The van der Waals surface area contributed by atoms with Gasteiger partial charge in [-0.05, 0) is 25.1 Å². The molecule has 1 amide bonds. The molecule has 2 heterocycles. The Morgan fingerprint density at radius 2 is 2.27 bits per heavy atom. The minimum absolute atomic E-state index is 0.120. The molecule has 0 spiro atoms. The van der Waals surface area contributed by atoms with Gasteiger partial charge in [0.15, 0.2) is 5.82 Å². The molecule has 7 nitrogen and oxygen atoms in total. The molecule has 0 atom stereocenters. The quantitative estimate of drug-likeness (QED) is 0.745. The third kappa shape index (κ3) is 3.20. The fraction of sp³-hybridized carbons (Fsp3) is 0.200. The summed E-state index contributed by atoms with van der Waals surface area (Å²) in [6.07, 6.45) is 3.33. The van der Waals surface area contributed by atoms with Crippen molar-refractivity contribution >= 4 is 5.91 Å². The Hall–Kier alpha value is -2.96. The molecular formula is C15H16N6O. The number of carbonyl (C=O) groups excluding carboxylic acids is 1. The molecule has 112 valence electrons. The fourth-order valence-corrected chi connectivity index (χ4v) is 2.13. The average Bonchev–Trinajstić information content (AvgIpc) is 3.19. The number of carbonyl (C=O) groups is 1. The van der Waals surface area contributed by atoms with E-state index in [1.807, 2.05) is 31.3 Å². The molecule has 0 radical (unpaired) electrons. The number of benzene rings is 1. The van der Waals surface area contributed by atoms with Gasteiger partial charge in [0.1, 0.15) is 6.33 Å². The van der Waals surface area contributed by atoms with Crippen LogP contribution in [0.4, 0.5) is 0 Å². The van der Waals surface area contributed by atoms with Crippen LogP contribution in [0.5, 0.6) is 0 Å². The summed E-state index contributed by atoms with van der Waals surface area (Å²) in [5.74, 6) is 0.520. The molecule has 0 unspecified atom stereocenters. The highest BCUT2D eigenvalue weighted by Gasteiger charge is 2.08. The average molecular weight is 296 g/mol. The van der Waals surface area contributed by atoms with Crippen LogP contribution < -0.4 is 5.32 Å². The zero-order valence-corrected chi connectivity index (χ0v) is 12.2. The summed E-state index contributed by atoms with van der Waals surface area (Å²) in [5, 5.41) is 13.8. The van der Waals surface area contributed by atoms with Gasteiger partial charge in [0.25, 0.3) is 5.91 Å². The maximum atomic E-state index is 12.2. The Balaban J connectivity index is 1.61. The van der Waals surface area contributed by atoms with Gasteiger partial charge in [0.2, 0.25) is 0 Å². The largest absolute Gasteiger partial charge is 0.350 e. The first-order valence-electron chi connectivity index (χ1n) is 6.96. The van der Waals surface area contributed by atoms with Crippen LogP contribution in [0.1, 0.15) is 16.1 Å². The number of aromatic amines is 1. The van der Waals surface area contributed by atoms with Crippen LogP contribution in [-0.2, 0) is 6.54 Å². The van der Waals surface area contributed by atoms with Crippen molar-refractivity contribution in [3.05, 3.63) is 54.1 Å². The smallest absolute Gasteiger partial charge is 0.251 e. The third-order valence-corrected chi connectivity index (χ3v) is 3.21. The molecule has 0 bridgehead atoms. The Labute approximate surface area is 127 Å². The van der Waals surface area contributed by atoms with Crippen molar-refractivity contribution in [2.24, 2.45) is 0 Å². The summed E-state index contributed by atoms with van der Waals surface area (Å²) in [6.45, 7) is 3.10. The first-order valence-corrected chi connectivity index (χ1v) is 6.96. The lowest BCUT2D eigenvalue weighted by atomic mass is 10.1. The van der Waals surface area contributed by atoms with E-state index in [-0.39, 0.29) is 5.91 Å². The van der Waals surface area contributed by atoms with Gasteiger partial charge >= 0.3 is 0 Å². The topological polar surface area (TPSA) is 88.5 Å². The number of H-pyrrole nitrogens is 1. The Morgan fingerprint density at radius 3 is 3.00 bits per heavy atom. The van der Waals surface area contributed by atoms with E-state index in [0.29, 0.717) is 24.5 Å². The molecule has 0 fully saturated rings. The first-order chi connectivity index (χ1) is 10.7. The van der Waals surface area contributed by atoms with E-state index in [2.05, 4.69) is 25.6 Å². The summed E-state index contributed by atoms with van der Waals surface area (Å²) in [4.78, 5) is 16.3. The van der Waals surface area contributed by atoms with E-state index in [9.17, 15) is 4.79 Å². The van der Waals surface area contributed by atoms with Gasteiger partial charge in [-0.3, -0.25) is 14.6 Å². The lowest BCUT2D eigenvalue weighted by Gasteiger charge is -2.06. The summed E-state index contributed by atoms with van der Waals surface area (Å²) in [6, 6.07) is 9.19. The number of aromatic nitrogens is 5. The highest BCUT2D eigenvalue weighted by atomic mass is 16.1. The van der Waals surface area contributed by atoms with Gasteiger partial charge in [-0.15, -0.1) is 0 Å². The summed E-state index contributed by atoms with van der Waals surface area (Å²) >= 11 is 0. The fourth-order valence-electron chi connectivity index (χ4n) is 2.13. The highest BCUT2D eigenvalue weighted by Crippen LogP contribution is 2.15. The number of amides is 1. The van der Waals surface area contributed by atoms with E-state index in [4.69, 9.17) is 0 Å². The van der Waals surface area contributed by atoms with Gasteiger partial charge in [0.05, 0.1) is 12.2 Å². The predicted molar refractivity (Wildman–Crippen MR) is 81.1 cm³/mol. The lowest BCUT2D eigenvalue weighted by molar-refractivity contribution is 0.0952. The molecule has 22 heavy (non-hydrogen) atoms. The second-order valence-electron chi connectivity index (χ2n) is 4.89. The number of nitrogens with zero attached hydrogens (tertiary/aromatic N) is 4. The van der Waals surface area contributed by atoms with E-state index in [1.165, 1.54) is 6.33 Å². The summed E-state index contributed by atoms with van der Waals surface area (Å²) < 4.78 is 1.81. The molecule has 7 heteroatoms. The van der Waals surface area contributed by atoms with E-state index in [1.54, 1.807) is 16.8 Å². The van der Waals surface area contributed by atoms with Gasteiger partial charge < -0.3 is 5.32 Å². The predicted octanol–water partition coefficient (Wildman–Crippen LogP) is 1.41. The van der Waals surface area contributed by atoms with Crippen LogP contribution in [0.3, 0.4) is 0 Å². The summed E-state index contributed by atoms with van der Waals surface area (Å²) in [5.41, 5.74) is 2.38. The molecular weight excluding hydrogens is 280 g/mol. The SMILES string of the molecule is Cc1ccn(CCNC(=O)c2cccc(-c3ncn[nH]3)c2)n1. The molecule has 1 aromatic carbocycles. The van der Waals surface area contributed by atoms with Crippen molar-refractivity contribution in [3.63, 3.8) is 0 Å². The molecule has 0 aliphatic rings. The van der Waals surface area contributed by atoms with E-state index < -0.39 is 0 Å². The number of hydrogen-bond acceptors (Lipinski definition) is 4. The zero-order chi connectivity index (χ0) is 15.4. The van der Waals surface area contributed by atoms with E-state index in [0.717, 1.165) is 11.3 Å². The second-order valence-corrected chi connectivity index (χ2v) is 4.89. The Bertz CT molecular complexity index is 762. The van der Waals surface area contributed by atoms with Gasteiger partial charge in [-0.25, -0.2) is 4.98 Å². The molecule has 2 aromatic heterocycles. The number of aryl methyl sites for hydroxylation is 1. The monoisotopic (exact) mass is 296 g/mol. The highest BCUT2D eigenvalue weighted by molar-refractivity contribution is 5.95. The van der Waals surface area contributed by atoms with Crippen molar-refractivity contribution in [2.75, 3.05) is 6.54 Å². The van der Waals surface area contributed by atoms with Gasteiger partial charge in [-0.2, -0.15) is 10.2 Å².